The van der Waals surface area contributed by atoms with Gasteiger partial charge in [0.05, 0.1) is 22.8 Å². The van der Waals surface area contributed by atoms with E-state index in [2.05, 4.69) is 5.10 Å². The molecular weight excluding hydrogens is 504 g/mol. The van der Waals surface area contributed by atoms with Crippen LogP contribution >= 0.6 is 0 Å². The number of fused-ring (bicyclic) bond motifs is 1. The summed E-state index contributed by atoms with van der Waals surface area (Å²) < 4.78 is 65.0. The smallest absolute Gasteiger partial charge is 0.340 e. The van der Waals surface area contributed by atoms with Crippen molar-refractivity contribution < 1.29 is 30.6 Å². The van der Waals surface area contributed by atoms with E-state index < -0.39 is 26.1 Å². The van der Waals surface area contributed by atoms with E-state index in [4.69, 9.17) is 8.92 Å². The Balaban J connectivity index is 1.93. The molecule has 2 aromatic carbocycles. The third-order valence-corrected chi connectivity index (χ3v) is 9.54. The predicted molar refractivity (Wildman–Crippen MR) is 133 cm³/mol. The van der Waals surface area contributed by atoms with Crippen LogP contribution in [0.5, 0.6) is 5.88 Å². The number of hydrogen-bond acceptors (Lipinski definition) is 8. The van der Waals surface area contributed by atoms with Gasteiger partial charge < -0.3 is 8.92 Å². The van der Waals surface area contributed by atoms with Crippen LogP contribution in [0.15, 0.2) is 51.2 Å². The van der Waals surface area contributed by atoms with Crippen LogP contribution < -0.4 is 4.18 Å². The molecule has 1 unspecified atom stereocenters. The SMILES string of the molecule is CCn1ncc(-c2cc(C)c3c(c2C)C(OC)CC(=C=O)S3(=O)=O)c1OS(=O)(=O)c1ccc(C)cc1. The number of rotatable bonds is 6. The summed E-state index contributed by atoms with van der Waals surface area (Å²) in [6.45, 7) is 7.34. The van der Waals surface area contributed by atoms with Gasteiger partial charge in [-0.05, 0) is 62.6 Å². The van der Waals surface area contributed by atoms with Gasteiger partial charge in [0.15, 0.2) is 0 Å². The quantitative estimate of drug-likeness (QED) is 0.348. The Morgan fingerprint density at radius 1 is 1.14 bits per heavy atom. The van der Waals surface area contributed by atoms with Gasteiger partial charge in [0.25, 0.3) is 0 Å². The maximum Gasteiger partial charge on any atom is 0.340 e. The van der Waals surface area contributed by atoms with Crippen LogP contribution in [0.3, 0.4) is 0 Å². The Bertz CT molecular complexity index is 1610. The van der Waals surface area contributed by atoms with Crippen molar-refractivity contribution in [2.75, 3.05) is 7.11 Å². The first kappa shape index (κ1) is 25.8. The molecule has 0 bridgehead atoms. The molecule has 0 fully saturated rings. The molecule has 1 aliphatic rings. The molecular formula is C25H26N2O7S2. The van der Waals surface area contributed by atoms with Crippen molar-refractivity contribution in [2.45, 2.75) is 56.6 Å². The maximum absolute atomic E-state index is 13.1. The highest BCUT2D eigenvalue weighted by molar-refractivity contribution is 7.95. The van der Waals surface area contributed by atoms with Gasteiger partial charge in [-0.25, -0.2) is 17.9 Å². The molecule has 0 amide bonds. The Kier molecular flexibility index (Phi) is 6.70. The van der Waals surface area contributed by atoms with Gasteiger partial charge >= 0.3 is 10.1 Å². The normalized spacial score (nSPS) is 16.9. The molecule has 1 aromatic heterocycles. The number of ether oxygens (including phenoxy) is 1. The first-order chi connectivity index (χ1) is 17.0. The molecule has 1 atom stereocenters. The lowest BCUT2D eigenvalue weighted by atomic mass is 9.91. The van der Waals surface area contributed by atoms with E-state index in [9.17, 15) is 21.6 Å². The first-order valence-corrected chi connectivity index (χ1v) is 14.1. The minimum absolute atomic E-state index is 0.0000311. The van der Waals surface area contributed by atoms with Crippen LogP contribution in [0.4, 0.5) is 0 Å². The van der Waals surface area contributed by atoms with Crippen LogP contribution in [0.2, 0.25) is 0 Å². The lowest BCUT2D eigenvalue weighted by Crippen LogP contribution is -2.23. The van der Waals surface area contributed by atoms with E-state index in [-0.39, 0.29) is 27.0 Å². The maximum atomic E-state index is 13.1. The first-order valence-electron chi connectivity index (χ1n) is 11.2. The van der Waals surface area contributed by atoms with Crippen LogP contribution in [-0.2, 0) is 36.0 Å². The minimum atomic E-state index is -4.18. The summed E-state index contributed by atoms with van der Waals surface area (Å²) in [5, 5.41) is 4.30. The van der Waals surface area contributed by atoms with E-state index in [1.807, 2.05) is 6.92 Å². The molecule has 36 heavy (non-hydrogen) atoms. The van der Waals surface area contributed by atoms with Crippen molar-refractivity contribution in [2.24, 2.45) is 0 Å². The van der Waals surface area contributed by atoms with Crippen molar-refractivity contribution in [1.29, 1.82) is 0 Å². The molecule has 0 radical (unpaired) electrons. The Morgan fingerprint density at radius 3 is 2.39 bits per heavy atom. The summed E-state index contributed by atoms with van der Waals surface area (Å²) in [6.07, 6.45) is 0.659. The zero-order chi connectivity index (χ0) is 26.4. The molecule has 0 saturated heterocycles. The van der Waals surface area contributed by atoms with Crippen LogP contribution in [0, 0.1) is 20.8 Å². The van der Waals surface area contributed by atoms with E-state index in [0.717, 1.165) is 5.56 Å². The van der Waals surface area contributed by atoms with E-state index >= 15 is 0 Å². The number of methoxy groups -OCH3 is 1. The minimum Gasteiger partial charge on any atom is -0.376 e. The van der Waals surface area contributed by atoms with E-state index in [0.29, 0.717) is 34.4 Å². The summed E-state index contributed by atoms with van der Waals surface area (Å²) in [4.78, 5) is 11.1. The molecule has 4 rings (SSSR count). The number of nitrogens with zero attached hydrogens (tertiary/aromatic N) is 2. The van der Waals surface area contributed by atoms with Crippen LogP contribution in [0.1, 0.15) is 41.7 Å². The van der Waals surface area contributed by atoms with E-state index in [1.54, 1.807) is 44.9 Å². The highest BCUT2D eigenvalue weighted by Gasteiger charge is 2.39. The summed E-state index contributed by atoms with van der Waals surface area (Å²) >= 11 is 0. The Hall–Kier alpha value is -3.24. The van der Waals surface area contributed by atoms with Crippen LogP contribution in [0.25, 0.3) is 11.1 Å². The lowest BCUT2D eigenvalue weighted by Gasteiger charge is -2.29. The van der Waals surface area contributed by atoms with Gasteiger partial charge in [-0.2, -0.15) is 13.5 Å². The van der Waals surface area contributed by atoms with Gasteiger partial charge in [-0.3, -0.25) is 0 Å². The van der Waals surface area contributed by atoms with Gasteiger partial charge in [-0.15, -0.1) is 0 Å². The summed E-state index contributed by atoms with van der Waals surface area (Å²) in [5.74, 6) is 1.57. The van der Waals surface area contributed by atoms with Crippen molar-refractivity contribution in [1.82, 2.24) is 9.78 Å². The largest absolute Gasteiger partial charge is 0.376 e. The lowest BCUT2D eigenvalue weighted by molar-refractivity contribution is 0.101. The zero-order valence-electron chi connectivity index (χ0n) is 20.5. The second kappa shape index (κ2) is 9.33. The number of sulfone groups is 1. The molecule has 0 saturated carbocycles. The summed E-state index contributed by atoms with van der Waals surface area (Å²) in [5.41, 5.74) is 3.21. The summed E-state index contributed by atoms with van der Waals surface area (Å²) in [7, 11) is -6.78. The molecule has 9 nitrogen and oxygen atoms in total. The fourth-order valence-electron chi connectivity index (χ4n) is 4.47. The fourth-order valence-corrected chi connectivity index (χ4v) is 7.21. The fraction of sp³-hybridized carbons (Fsp3) is 0.320. The number of hydrogen-bond donors (Lipinski definition) is 0. The van der Waals surface area contributed by atoms with Crippen LogP contribution in [-0.4, -0.2) is 39.7 Å². The zero-order valence-corrected chi connectivity index (χ0v) is 22.2. The van der Waals surface area contributed by atoms with Crippen molar-refractivity contribution in [3.8, 4) is 17.0 Å². The van der Waals surface area contributed by atoms with Gasteiger partial charge in [0, 0.05) is 25.6 Å². The highest BCUT2D eigenvalue weighted by atomic mass is 32.2. The highest BCUT2D eigenvalue weighted by Crippen LogP contribution is 2.46. The molecule has 2 heterocycles. The molecule has 0 aliphatic carbocycles. The number of carbonyl (C=O) groups excluding carboxylic acids is 1. The van der Waals surface area contributed by atoms with Gasteiger partial charge in [-0.1, -0.05) is 17.7 Å². The Morgan fingerprint density at radius 2 is 1.81 bits per heavy atom. The molecule has 11 heteroatoms. The van der Waals surface area contributed by atoms with Crippen molar-refractivity contribution >= 4 is 25.9 Å². The van der Waals surface area contributed by atoms with E-state index in [1.165, 1.54) is 30.1 Å². The topological polar surface area (TPSA) is 122 Å². The predicted octanol–water partition coefficient (Wildman–Crippen LogP) is 3.84. The molecule has 0 spiro atoms. The molecule has 190 valence electrons. The van der Waals surface area contributed by atoms with Gasteiger partial charge in [0.2, 0.25) is 15.7 Å². The average Bonchev–Trinajstić information content (AvgIpc) is 3.22. The molecule has 0 N–H and O–H groups in total. The van der Waals surface area contributed by atoms with Crippen molar-refractivity contribution in [3.05, 3.63) is 63.7 Å². The van der Waals surface area contributed by atoms with Crippen molar-refractivity contribution in [3.63, 3.8) is 0 Å². The third kappa shape index (κ3) is 4.18. The summed E-state index contributed by atoms with van der Waals surface area (Å²) in [6, 6.07) is 7.93. The second-order valence-corrected chi connectivity index (χ2v) is 12.0. The Labute approximate surface area is 210 Å². The molecule has 3 aromatic rings. The average molecular weight is 531 g/mol. The monoisotopic (exact) mass is 530 g/mol. The number of aryl methyl sites for hydroxylation is 3. The molecule has 1 aliphatic heterocycles. The second-order valence-electron chi connectivity index (χ2n) is 8.60. The standard InChI is InChI=1S/C25H26N2O7S2/c1-6-27-25(34-36(31,32)18-9-7-15(2)8-10-18)21(13-26-27)20-11-16(3)24-23(17(20)4)22(33-5)12-19(14-28)35(24,29)30/h7-11,13,22H,6,12H2,1-5H3. The number of aromatic nitrogens is 2. The third-order valence-electron chi connectivity index (χ3n) is 6.33. The number of benzene rings is 2. The van der Waals surface area contributed by atoms with Gasteiger partial charge in [0.1, 0.15) is 15.7 Å².